The van der Waals surface area contributed by atoms with Gasteiger partial charge in [0.25, 0.3) is 0 Å². The van der Waals surface area contributed by atoms with E-state index in [4.69, 9.17) is 0 Å². The van der Waals surface area contributed by atoms with Crippen LogP contribution in [0.4, 0.5) is 5.69 Å². The van der Waals surface area contributed by atoms with Crippen LogP contribution in [0.5, 0.6) is 0 Å². The van der Waals surface area contributed by atoms with Gasteiger partial charge < -0.3 is 5.32 Å². The molecule has 0 spiro atoms. The maximum absolute atomic E-state index is 12.6. The highest BCUT2D eigenvalue weighted by molar-refractivity contribution is 7.91. The molecule has 2 aromatic rings. The van der Waals surface area contributed by atoms with Crippen LogP contribution < -0.4 is 5.32 Å². The van der Waals surface area contributed by atoms with E-state index < -0.39 is 9.84 Å². The number of fused-ring (bicyclic) bond motifs is 1. The molecule has 0 saturated carbocycles. The van der Waals surface area contributed by atoms with Gasteiger partial charge in [-0.05, 0) is 54.7 Å². The summed E-state index contributed by atoms with van der Waals surface area (Å²) in [5, 5.41) is 2.92. The number of hydrogen-bond donors (Lipinski definition) is 1. The van der Waals surface area contributed by atoms with E-state index in [-0.39, 0.29) is 22.5 Å². The molecule has 1 atom stereocenters. The zero-order chi connectivity index (χ0) is 17.2. The number of anilines is 1. The van der Waals surface area contributed by atoms with Gasteiger partial charge in [0.1, 0.15) is 0 Å². The van der Waals surface area contributed by atoms with Crippen molar-refractivity contribution in [3.05, 3.63) is 59.7 Å². The van der Waals surface area contributed by atoms with Crippen LogP contribution in [0.15, 0.2) is 53.4 Å². The first-order valence-electron chi connectivity index (χ1n) is 8.23. The van der Waals surface area contributed by atoms with Crippen molar-refractivity contribution in [2.75, 3.05) is 11.1 Å². The number of rotatable bonds is 4. The average molecular weight is 343 g/mol. The molecular weight excluding hydrogens is 322 g/mol. The topological polar surface area (TPSA) is 63.2 Å². The predicted molar refractivity (Wildman–Crippen MR) is 94.9 cm³/mol. The molecular formula is C19H21NO3S. The first-order chi connectivity index (χ1) is 11.5. The Morgan fingerprint density at radius 2 is 1.83 bits per heavy atom. The van der Waals surface area contributed by atoms with Gasteiger partial charge in [-0.1, -0.05) is 31.2 Å². The highest BCUT2D eigenvalue weighted by Crippen LogP contribution is 2.32. The van der Waals surface area contributed by atoms with Gasteiger partial charge in [-0.2, -0.15) is 0 Å². The van der Waals surface area contributed by atoms with Crippen molar-refractivity contribution in [1.82, 2.24) is 0 Å². The third-order valence-electron chi connectivity index (χ3n) is 4.55. The van der Waals surface area contributed by atoms with Crippen molar-refractivity contribution in [3.8, 4) is 0 Å². The molecule has 0 bridgehead atoms. The Balaban J connectivity index is 1.77. The van der Waals surface area contributed by atoms with Gasteiger partial charge >= 0.3 is 0 Å². The van der Waals surface area contributed by atoms with Gasteiger partial charge in [-0.25, -0.2) is 8.42 Å². The fraction of sp³-hybridized carbons (Fsp3) is 0.316. The quantitative estimate of drug-likeness (QED) is 0.923. The van der Waals surface area contributed by atoms with E-state index in [0.717, 1.165) is 24.8 Å². The number of carbonyl (C=O) groups is 1. The number of carbonyl (C=O) groups excluding carboxylic acids is 1. The third-order valence-corrected chi connectivity index (χ3v) is 6.30. The molecule has 126 valence electrons. The molecule has 1 aliphatic carbocycles. The first kappa shape index (κ1) is 16.7. The van der Waals surface area contributed by atoms with Crippen LogP contribution >= 0.6 is 0 Å². The van der Waals surface area contributed by atoms with Gasteiger partial charge in [0.05, 0.1) is 16.6 Å². The van der Waals surface area contributed by atoms with E-state index in [2.05, 4.69) is 11.4 Å². The van der Waals surface area contributed by atoms with Crippen molar-refractivity contribution in [3.63, 3.8) is 0 Å². The fourth-order valence-electron chi connectivity index (χ4n) is 3.17. The molecule has 1 amide bonds. The summed E-state index contributed by atoms with van der Waals surface area (Å²) in [7, 11) is -3.22. The molecule has 24 heavy (non-hydrogen) atoms. The van der Waals surface area contributed by atoms with Gasteiger partial charge in [-0.15, -0.1) is 0 Å². The van der Waals surface area contributed by atoms with E-state index in [0.29, 0.717) is 5.69 Å². The Labute approximate surface area is 142 Å². The smallest absolute Gasteiger partial charge is 0.231 e. The average Bonchev–Trinajstić information content (AvgIpc) is 2.61. The number of sulfone groups is 1. The number of hydrogen-bond acceptors (Lipinski definition) is 3. The molecule has 3 rings (SSSR count). The zero-order valence-corrected chi connectivity index (χ0v) is 14.5. The highest BCUT2D eigenvalue weighted by Gasteiger charge is 2.26. The summed E-state index contributed by atoms with van der Waals surface area (Å²) < 4.78 is 23.7. The largest absolute Gasteiger partial charge is 0.326 e. The number of amides is 1. The van der Waals surface area contributed by atoms with Crippen LogP contribution in [0.3, 0.4) is 0 Å². The molecule has 0 aliphatic heterocycles. The van der Waals surface area contributed by atoms with Crippen LogP contribution in [0.25, 0.3) is 0 Å². The molecule has 5 heteroatoms. The summed E-state index contributed by atoms with van der Waals surface area (Å²) in [6.45, 7) is 1.62. The second kappa shape index (κ2) is 6.77. The molecule has 2 aromatic carbocycles. The number of nitrogens with one attached hydrogen (secondary N) is 1. The zero-order valence-electron chi connectivity index (χ0n) is 13.7. The lowest BCUT2D eigenvalue weighted by Crippen LogP contribution is -2.24. The SMILES string of the molecule is CCS(=O)(=O)c1ccc(NC(=O)C2CCCc3ccccc32)cc1. The lowest BCUT2D eigenvalue weighted by atomic mass is 9.82. The van der Waals surface area contributed by atoms with E-state index in [1.807, 2.05) is 18.2 Å². The van der Waals surface area contributed by atoms with Gasteiger partial charge in [0, 0.05) is 5.69 Å². The third kappa shape index (κ3) is 3.36. The summed E-state index contributed by atoms with van der Waals surface area (Å²) in [6, 6.07) is 14.5. The van der Waals surface area contributed by atoms with Crippen LogP contribution in [-0.4, -0.2) is 20.1 Å². The Kier molecular flexibility index (Phi) is 4.71. The summed E-state index contributed by atoms with van der Waals surface area (Å²) >= 11 is 0. The van der Waals surface area contributed by atoms with E-state index >= 15 is 0 Å². The molecule has 0 heterocycles. The summed E-state index contributed by atoms with van der Waals surface area (Å²) in [6.07, 6.45) is 2.86. The van der Waals surface area contributed by atoms with Crippen LogP contribution in [0.2, 0.25) is 0 Å². The van der Waals surface area contributed by atoms with E-state index in [9.17, 15) is 13.2 Å². The summed E-state index contributed by atoms with van der Waals surface area (Å²) in [4.78, 5) is 12.9. The number of aryl methyl sites for hydroxylation is 1. The van der Waals surface area contributed by atoms with Crippen molar-refractivity contribution in [1.29, 1.82) is 0 Å². The van der Waals surface area contributed by atoms with Crippen molar-refractivity contribution < 1.29 is 13.2 Å². The van der Waals surface area contributed by atoms with Crippen LogP contribution in [-0.2, 0) is 21.1 Å². The Bertz CT molecular complexity index is 841. The fourth-order valence-corrected chi connectivity index (χ4v) is 4.05. The van der Waals surface area contributed by atoms with E-state index in [1.165, 1.54) is 5.56 Å². The Morgan fingerprint density at radius 1 is 1.12 bits per heavy atom. The molecule has 1 N–H and O–H groups in total. The minimum atomic E-state index is -3.22. The summed E-state index contributed by atoms with van der Waals surface area (Å²) in [5.74, 6) is -0.111. The Morgan fingerprint density at radius 3 is 2.54 bits per heavy atom. The summed E-state index contributed by atoms with van der Waals surface area (Å²) in [5.41, 5.74) is 2.97. The molecule has 0 saturated heterocycles. The van der Waals surface area contributed by atoms with Crippen LogP contribution in [0, 0.1) is 0 Å². The maximum atomic E-state index is 12.6. The minimum absolute atomic E-state index is 0.0340. The minimum Gasteiger partial charge on any atom is -0.326 e. The molecule has 0 radical (unpaired) electrons. The van der Waals surface area contributed by atoms with E-state index in [1.54, 1.807) is 31.2 Å². The van der Waals surface area contributed by atoms with Crippen molar-refractivity contribution >= 4 is 21.4 Å². The second-order valence-electron chi connectivity index (χ2n) is 6.06. The van der Waals surface area contributed by atoms with Gasteiger partial charge in [-0.3, -0.25) is 4.79 Å². The monoisotopic (exact) mass is 343 g/mol. The van der Waals surface area contributed by atoms with Crippen LogP contribution in [0.1, 0.15) is 36.8 Å². The highest BCUT2D eigenvalue weighted by atomic mass is 32.2. The second-order valence-corrected chi connectivity index (χ2v) is 8.34. The van der Waals surface area contributed by atoms with Crippen molar-refractivity contribution in [2.24, 2.45) is 0 Å². The predicted octanol–water partition coefficient (Wildman–Crippen LogP) is 3.54. The Hall–Kier alpha value is -2.14. The molecule has 0 fully saturated rings. The molecule has 1 aliphatic rings. The molecule has 0 aromatic heterocycles. The van der Waals surface area contributed by atoms with Gasteiger partial charge in [0.2, 0.25) is 5.91 Å². The normalized spacial score (nSPS) is 17.1. The first-order valence-corrected chi connectivity index (χ1v) is 9.88. The van der Waals surface area contributed by atoms with Crippen molar-refractivity contribution in [2.45, 2.75) is 37.0 Å². The standard InChI is InChI=1S/C19H21NO3S/c1-2-24(22,23)16-12-10-15(11-13-16)20-19(21)18-9-5-7-14-6-3-4-8-17(14)18/h3-4,6,8,10-13,18H,2,5,7,9H2,1H3,(H,20,21). The molecule has 1 unspecified atom stereocenters. The molecule has 4 nitrogen and oxygen atoms in total. The number of benzene rings is 2. The lowest BCUT2D eigenvalue weighted by Gasteiger charge is -2.24. The maximum Gasteiger partial charge on any atom is 0.231 e. The lowest BCUT2D eigenvalue weighted by molar-refractivity contribution is -0.117. The van der Waals surface area contributed by atoms with Gasteiger partial charge in [0.15, 0.2) is 9.84 Å².